The van der Waals surface area contributed by atoms with Gasteiger partial charge in [-0.25, -0.2) is 9.07 Å². The molecular formula is C17H16FN3. The second kappa shape index (κ2) is 5.79. The van der Waals surface area contributed by atoms with E-state index >= 15 is 0 Å². The van der Waals surface area contributed by atoms with E-state index in [1.54, 1.807) is 6.07 Å². The standard InChI is InChI=1S/C17H16FN3/c1-13-7-8-14(18)11-17(13)19-12-15-9-10-21(20-15)16-5-3-2-4-6-16/h2-11,19H,12H2,1H3. The van der Waals surface area contributed by atoms with Gasteiger partial charge in [0.1, 0.15) is 5.82 Å². The Hall–Kier alpha value is -2.62. The molecule has 1 heterocycles. The van der Waals surface area contributed by atoms with Gasteiger partial charge in [-0.05, 0) is 42.8 Å². The molecule has 1 aromatic heterocycles. The topological polar surface area (TPSA) is 29.9 Å². The van der Waals surface area contributed by atoms with Gasteiger partial charge in [-0.2, -0.15) is 5.10 Å². The predicted octanol–water partition coefficient (Wildman–Crippen LogP) is 3.93. The fourth-order valence-electron chi connectivity index (χ4n) is 2.15. The van der Waals surface area contributed by atoms with Gasteiger partial charge in [0.15, 0.2) is 0 Å². The summed E-state index contributed by atoms with van der Waals surface area (Å²) in [6, 6.07) is 16.6. The van der Waals surface area contributed by atoms with Crippen LogP contribution in [-0.4, -0.2) is 9.78 Å². The zero-order chi connectivity index (χ0) is 14.7. The van der Waals surface area contributed by atoms with Crippen LogP contribution in [0.1, 0.15) is 11.3 Å². The van der Waals surface area contributed by atoms with Gasteiger partial charge in [0, 0.05) is 11.9 Å². The Bertz CT molecular complexity index is 735. The van der Waals surface area contributed by atoms with E-state index in [-0.39, 0.29) is 5.82 Å². The second-order valence-corrected chi connectivity index (χ2v) is 4.90. The van der Waals surface area contributed by atoms with Gasteiger partial charge < -0.3 is 5.32 Å². The van der Waals surface area contributed by atoms with Crippen LogP contribution in [0.25, 0.3) is 5.69 Å². The van der Waals surface area contributed by atoms with Gasteiger partial charge in [-0.1, -0.05) is 24.3 Å². The number of para-hydroxylation sites is 1. The zero-order valence-corrected chi connectivity index (χ0v) is 11.8. The molecule has 2 aromatic carbocycles. The highest BCUT2D eigenvalue weighted by molar-refractivity contribution is 5.50. The highest BCUT2D eigenvalue weighted by atomic mass is 19.1. The van der Waals surface area contributed by atoms with E-state index in [4.69, 9.17) is 0 Å². The molecule has 0 fully saturated rings. The molecule has 0 aliphatic carbocycles. The summed E-state index contributed by atoms with van der Waals surface area (Å²) in [5.74, 6) is -0.238. The molecule has 1 N–H and O–H groups in total. The highest BCUT2D eigenvalue weighted by Gasteiger charge is 2.03. The van der Waals surface area contributed by atoms with E-state index in [1.165, 1.54) is 12.1 Å². The van der Waals surface area contributed by atoms with E-state index in [0.717, 1.165) is 22.6 Å². The van der Waals surface area contributed by atoms with Crippen LogP contribution >= 0.6 is 0 Å². The maximum absolute atomic E-state index is 13.2. The van der Waals surface area contributed by atoms with Crippen molar-refractivity contribution in [2.75, 3.05) is 5.32 Å². The summed E-state index contributed by atoms with van der Waals surface area (Å²) in [7, 11) is 0. The summed E-state index contributed by atoms with van der Waals surface area (Å²) >= 11 is 0. The van der Waals surface area contributed by atoms with Crippen LogP contribution in [0.15, 0.2) is 60.8 Å². The molecule has 4 heteroatoms. The first-order valence-electron chi connectivity index (χ1n) is 6.82. The molecule has 3 nitrogen and oxygen atoms in total. The Morgan fingerprint density at radius 2 is 1.90 bits per heavy atom. The number of aromatic nitrogens is 2. The van der Waals surface area contributed by atoms with Crippen LogP contribution in [0.2, 0.25) is 0 Å². The molecule has 0 bridgehead atoms. The second-order valence-electron chi connectivity index (χ2n) is 4.90. The summed E-state index contributed by atoms with van der Waals surface area (Å²) in [5, 5.41) is 7.73. The largest absolute Gasteiger partial charge is 0.379 e. The quantitative estimate of drug-likeness (QED) is 0.785. The molecule has 0 saturated carbocycles. The number of nitrogens with one attached hydrogen (secondary N) is 1. The summed E-state index contributed by atoms with van der Waals surface area (Å²) in [6.07, 6.45) is 1.92. The molecule has 0 aliphatic rings. The lowest BCUT2D eigenvalue weighted by Gasteiger charge is -2.08. The fourth-order valence-corrected chi connectivity index (χ4v) is 2.15. The predicted molar refractivity (Wildman–Crippen MR) is 82.0 cm³/mol. The third kappa shape index (κ3) is 3.11. The number of nitrogens with zero attached hydrogens (tertiary/aromatic N) is 2. The van der Waals surface area contributed by atoms with Gasteiger partial charge in [-0.15, -0.1) is 0 Å². The lowest BCUT2D eigenvalue weighted by atomic mass is 10.2. The number of halogens is 1. The Balaban J connectivity index is 1.72. The normalized spacial score (nSPS) is 10.6. The minimum atomic E-state index is -0.238. The maximum atomic E-state index is 13.2. The zero-order valence-electron chi connectivity index (χ0n) is 11.8. The fraction of sp³-hybridized carbons (Fsp3) is 0.118. The van der Waals surface area contributed by atoms with Gasteiger partial charge in [0.25, 0.3) is 0 Å². The van der Waals surface area contributed by atoms with E-state index in [2.05, 4.69) is 10.4 Å². The third-order valence-electron chi connectivity index (χ3n) is 3.32. The number of hydrogen-bond acceptors (Lipinski definition) is 2. The van der Waals surface area contributed by atoms with Gasteiger partial charge in [0.2, 0.25) is 0 Å². The van der Waals surface area contributed by atoms with Crippen molar-refractivity contribution in [3.05, 3.63) is 77.9 Å². The van der Waals surface area contributed by atoms with Crippen molar-refractivity contribution in [2.24, 2.45) is 0 Å². The van der Waals surface area contributed by atoms with Gasteiger partial charge in [-0.3, -0.25) is 0 Å². The van der Waals surface area contributed by atoms with Crippen molar-refractivity contribution >= 4 is 5.69 Å². The van der Waals surface area contributed by atoms with Crippen molar-refractivity contribution in [3.63, 3.8) is 0 Å². The number of benzene rings is 2. The molecular weight excluding hydrogens is 265 g/mol. The first-order chi connectivity index (χ1) is 10.2. The Labute approximate surface area is 123 Å². The average molecular weight is 281 g/mol. The van der Waals surface area contributed by atoms with Crippen molar-refractivity contribution in [1.82, 2.24) is 9.78 Å². The minimum Gasteiger partial charge on any atom is -0.379 e. The van der Waals surface area contributed by atoms with Crippen LogP contribution in [0.5, 0.6) is 0 Å². The van der Waals surface area contributed by atoms with Crippen molar-refractivity contribution < 1.29 is 4.39 Å². The van der Waals surface area contributed by atoms with Gasteiger partial charge >= 0.3 is 0 Å². The highest BCUT2D eigenvalue weighted by Crippen LogP contribution is 2.17. The summed E-state index contributed by atoms with van der Waals surface area (Å²) < 4.78 is 15.1. The van der Waals surface area contributed by atoms with Crippen LogP contribution in [0.3, 0.4) is 0 Å². The smallest absolute Gasteiger partial charge is 0.125 e. The molecule has 0 radical (unpaired) electrons. The first-order valence-corrected chi connectivity index (χ1v) is 6.82. The molecule has 106 valence electrons. The third-order valence-corrected chi connectivity index (χ3v) is 3.32. The lowest BCUT2D eigenvalue weighted by molar-refractivity contribution is 0.627. The van der Waals surface area contributed by atoms with Crippen LogP contribution in [0.4, 0.5) is 10.1 Å². The molecule has 0 unspecified atom stereocenters. The van der Waals surface area contributed by atoms with Crippen molar-refractivity contribution in [1.29, 1.82) is 0 Å². The number of hydrogen-bond donors (Lipinski definition) is 1. The first kappa shape index (κ1) is 13.4. The molecule has 0 atom stereocenters. The maximum Gasteiger partial charge on any atom is 0.125 e. The number of anilines is 1. The number of aryl methyl sites for hydroxylation is 1. The van der Waals surface area contributed by atoms with Crippen LogP contribution < -0.4 is 5.32 Å². The van der Waals surface area contributed by atoms with Crippen molar-refractivity contribution in [3.8, 4) is 5.69 Å². The molecule has 0 saturated heterocycles. The van der Waals surface area contributed by atoms with Crippen LogP contribution in [-0.2, 0) is 6.54 Å². The molecule has 0 aliphatic heterocycles. The van der Waals surface area contributed by atoms with Crippen molar-refractivity contribution in [2.45, 2.75) is 13.5 Å². The Morgan fingerprint density at radius 1 is 1.10 bits per heavy atom. The molecule has 21 heavy (non-hydrogen) atoms. The van der Waals surface area contributed by atoms with E-state index in [0.29, 0.717) is 6.54 Å². The minimum absolute atomic E-state index is 0.238. The summed E-state index contributed by atoms with van der Waals surface area (Å²) in [6.45, 7) is 2.51. The Kier molecular flexibility index (Phi) is 3.69. The lowest BCUT2D eigenvalue weighted by Crippen LogP contribution is -2.03. The molecule has 3 rings (SSSR count). The molecule has 3 aromatic rings. The number of rotatable bonds is 4. The van der Waals surface area contributed by atoms with E-state index in [9.17, 15) is 4.39 Å². The van der Waals surface area contributed by atoms with Gasteiger partial charge in [0.05, 0.1) is 17.9 Å². The van der Waals surface area contributed by atoms with E-state index in [1.807, 2.05) is 54.2 Å². The molecule has 0 amide bonds. The van der Waals surface area contributed by atoms with E-state index < -0.39 is 0 Å². The SMILES string of the molecule is Cc1ccc(F)cc1NCc1ccn(-c2ccccc2)n1. The molecule has 0 spiro atoms. The van der Waals surface area contributed by atoms with Crippen LogP contribution in [0, 0.1) is 12.7 Å². The Morgan fingerprint density at radius 3 is 2.71 bits per heavy atom. The average Bonchev–Trinajstić information content (AvgIpc) is 2.98. The summed E-state index contributed by atoms with van der Waals surface area (Å²) in [5.41, 5.74) is 3.73. The monoisotopic (exact) mass is 281 g/mol. The summed E-state index contributed by atoms with van der Waals surface area (Å²) in [4.78, 5) is 0.